The molecule has 0 unspecified atom stereocenters. The minimum atomic E-state index is -0.0402. The molecule has 0 spiro atoms. The lowest BCUT2D eigenvalue weighted by molar-refractivity contribution is -0.127. The summed E-state index contributed by atoms with van der Waals surface area (Å²) >= 11 is 0. The Bertz CT molecular complexity index is 565. The van der Waals surface area contributed by atoms with E-state index in [1.54, 1.807) is 21.2 Å². The second kappa shape index (κ2) is 10.3. The number of carbonyl (C=O) groups is 1. The largest absolute Gasteiger partial charge is 0.497 e. The van der Waals surface area contributed by atoms with Crippen molar-refractivity contribution in [2.45, 2.75) is 13.3 Å². The van der Waals surface area contributed by atoms with Crippen LogP contribution in [0.2, 0.25) is 0 Å². The number of ether oxygens (including phenoxy) is 1. The fourth-order valence-corrected chi connectivity index (χ4v) is 1.81. The molecule has 0 aliphatic carbocycles. The van der Waals surface area contributed by atoms with Crippen LogP contribution in [0.3, 0.4) is 0 Å². The van der Waals surface area contributed by atoms with Crippen molar-refractivity contribution in [2.75, 3.05) is 40.8 Å². The lowest BCUT2D eigenvalue weighted by Gasteiger charge is -2.14. The molecular weight excluding hydrogens is 304 g/mol. The fraction of sp³-hybridized carbons (Fsp3) is 0.444. The van der Waals surface area contributed by atoms with Gasteiger partial charge in [-0.25, -0.2) is 4.99 Å². The van der Waals surface area contributed by atoms with Gasteiger partial charge in [0.25, 0.3) is 0 Å². The molecule has 0 saturated heterocycles. The molecule has 6 heteroatoms. The van der Waals surface area contributed by atoms with Crippen LogP contribution in [0.1, 0.15) is 12.5 Å². The summed E-state index contributed by atoms with van der Waals surface area (Å²) in [6.45, 7) is 7.24. The SMILES string of the molecule is C=C(C)CNC(=NCC(=O)N(C)C)NCCc1ccc(OC)cc1. The van der Waals surface area contributed by atoms with Gasteiger partial charge in [0.15, 0.2) is 5.96 Å². The van der Waals surface area contributed by atoms with Crippen LogP contribution in [0.15, 0.2) is 41.4 Å². The van der Waals surface area contributed by atoms with E-state index in [1.807, 2.05) is 31.2 Å². The van der Waals surface area contributed by atoms with Crippen LogP contribution in [0.5, 0.6) is 5.75 Å². The van der Waals surface area contributed by atoms with E-state index in [2.05, 4.69) is 22.2 Å². The van der Waals surface area contributed by atoms with E-state index in [1.165, 1.54) is 10.5 Å². The van der Waals surface area contributed by atoms with Gasteiger partial charge in [-0.05, 0) is 31.0 Å². The Balaban J connectivity index is 2.54. The minimum absolute atomic E-state index is 0.0402. The Morgan fingerprint density at radius 2 is 1.92 bits per heavy atom. The van der Waals surface area contributed by atoms with Crippen LogP contribution < -0.4 is 15.4 Å². The molecule has 1 amide bonds. The Kier molecular flexibility index (Phi) is 8.39. The van der Waals surface area contributed by atoms with Gasteiger partial charge in [0.1, 0.15) is 12.3 Å². The predicted octanol–water partition coefficient (Wildman–Crippen LogP) is 1.44. The standard InChI is InChI=1S/C18H28N4O2/c1-14(2)12-20-18(21-13-17(23)22(3)4)19-11-10-15-6-8-16(24-5)9-7-15/h6-9H,1,10-13H2,2-5H3,(H2,19,20,21). The molecule has 6 nitrogen and oxygen atoms in total. The maximum atomic E-state index is 11.7. The highest BCUT2D eigenvalue weighted by molar-refractivity contribution is 5.84. The molecule has 1 aromatic rings. The highest BCUT2D eigenvalue weighted by Gasteiger charge is 2.04. The Labute approximate surface area is 144 Å². The van der Waals surface area contributed by atoms with Crippen LogP contribution >= 0.6 is 0 Å². The molecule has 0 aromatic heterocycles. The van der Waals surface area contributed by atoms with Crippen molar-refractivity contribution in [1.82, 2.24) is 15.5 Å². The highest BCUT2D eigenvalue weighted by atomic mass is 16.5. The smallest absolute Gasteiger partial charge is 0.243 e. The van der Waals surface area contributed by atoms with Gasteiger partial charge in [-0.2, -0.15) is 0 Å². The molecule has 0 fully saturated rings. The first-order valence-electron chi connectivity index (χ1n) is 7.92. The normalized spacial score (nSPS) is 10.9. The van der Waals surface area contributed by atoms with Crippen LogP contribution in [0.4, 0.5) is 0 Å². The number of guanidine groups is 1. The predicted molar refractivity (Wildman–Crippen MR) is 98.5 cm³/mol. The van der Waals surface area contributed by atoms with Gasteiger partial charge in [-0.3, -0.25) is 4.79 Å². The average Bonchev–Trinajstić information content (AvgIpc) is 2.56. The molecule has 0 radical (unpaired) electrons. The number of nitrogens with one attached hydrogen (secondary N) is 2. The maximum absolute atomic E-state index is 11.7. The molecule has 0 aliphatic heterocycles. The number of aliphatic imine (C=N–C) groups is 1. The third-order valence-corrected chi connectivity index (χ3v) is 3.29. The zero-order valence-electron chi connectivity index (χ0n) is 15.1. The van der Waals surface area contributed by atoms with E-state index in [9.17, 15) is 4.79 Å². The van der Waals surface area contributed by atoms with Crippen molar-refractivity contribution in [3.63, 3.8) is 0 Å². The van der Waals surface area contributed by atoms with Crippen molar-refractivity contribution in [3.05, 3.63) is 42.0 Å². The number of likely N-dealkylation sites (N-methyl/N-ethyl adjacent to an activating group) is 1. The molecule has 0 heterocycles. The summed E-state index contributed by atoms with van der Waals surface area (Å²) in [7, 11) is 5.09. The van der Waals surface area contributed by atoms with Gasteiger partial charge >= 0.3 is 0 Å². The molecule has 0 saturated carbocycles. The quantitative estimate of drug-likeness (QED) is 0.429. The Morgan fingerprint density at radius 3 is 2.46 bits per heavy atom. The molecule has 132 valence electrons. The van der Waals surface area contributed by atoms with E-state index in [4.69, 9.17) is 4.74 Å². The van der Waals surface area contributed by atoms with Crippen molar-refractivity contribution in [3.8, 4) is 5.75 Å². The topological polar surface area (TPSA) is 66.0 Å². The zero-order valence-corrected chi connectivity index (χ0v) is 15.1. The lowest BCUT2D eigenvalue weighted by atomic mass is 10.1. The Morgan fingerprint density at radius 1 is 1.25 bits per heavy atom. The average molecular weight is 332 g/mol. The van der Waals surface area contributed by atoms with E-state index < -0.39 is 0 Å². The molecule has 1 aromatic carbocycles. The second-order valence-electron chi connectivity index (χ2n) is 5.79. The first kappa shape index (κ1) is 19.5. The van der Waals surface area contributed by atoms with Crippen LogP contribution in [0, 0.1) is 0 Å². The molecule has 0 aliphatic rings. The first-order valence-corrected chi connectivity index (χ1v) is 7.92. The van der Waals surface area contributed by atoms with Crippen molar-refractivity contribution in [1.29, 1.82) is 0 Å². The van der Waals surface area contributed by atoms with Gasteiger partial charge in [0.05, 0.1) is 7.11 Å². The van der Waals surface area contributed by atoms with E-state index in [0.717, 1.165) is 17.7 Å². The van der Waals surface area contributed by atoms with Gasteiger partial charge in [0.2, 0.25) is 5.91 Å². The highest BCUT2D eigenvalue weighted by Crippen LogP contribution is 2.11. The van der Waals surface area contributed by atoms with E-state index in [0.29, 0.717) is 19.0 Å². The van der Waals surface area contributed by atoms with Crippen molar-refractivity contribution >= 4 is 11.9 Å². The van der Waals surface area contributed by atoms with E-state index in [-0.39, 0.29) is 12.5 Å². The van der Waals surface area contributed by atoms with Crippen LogP contribution in [0.25, 0.3) is 0 Å². The van der Waals surface area contributed by atoms with Gasteiger partial charge in [-0.15, -0.1) is 0 Å². The van der Waals surface area contributed by atoms with Crippen LogP contribution in [-0.2, 0) is 11.2 Å². The van der Waals surface area contributed by atoms with Crippen LogP contribution in [-0.4, -0.2) is 57.6 Å². The van der Waals surface area contributed by atoms with Crippen molar-refractivity contribution < 1.29 is 9.53 Å². The second-order valence-corrected chi connectivity index (χ2v) is 5.79. The number of hydrogen-bond acceptors (Lipinski definition) is 3. The van der Waals surface area contributed by atoms with Gasteiger partial charge in [-0.1, -0.05) is 24.3 Å². The molecule has 1 rings (SSSR count). The monoisotopic (exact) mass is 332 g/mol. The summed E-state index contributed by atoms with van der Waals surface area (Å²) < 4.78 is 5.15. The van der Waals surface area contributed by atoms with Gasteiger partial charge in [0, 0.05) is 27.2 Å². The summed E-state index contributed by atoms with van der Waals surface area (Å²) in [5.74, 6) is 1.42. The molecular formula is C18H28N4O2. The number of amides is 1. The third kappa shape index (κ3) is 7.67. The fourth-order valence-electron chi connectivity index (χ4n) is 1.81. The zero-order chi connectivity index (χ0) is 17.9. The molecule has 0 bridgehead atoms. The number of rotatable bonds is 8. The summed E-state index contributed by atoms with van der Waals surface area (Å²) in [5.41, 5.74) is 2.20. The first-order chi connectivity index (χ1) is 11.4. The number of carbonyl (C=O) groups excluding carboxylic acids is 1. The Hall–Kier alpha value is -2.50. The number of methoxy groups -OCH3 is 1. The summed E-state index contributed by atoms with van der Waals surface area (Å²) in [4.78, 5) is 17.5. The number of nitrogens with zero attached hydrogens (tertiary/aromatic N) is 2. The van der Waals surface area contributed by atoms with Crippen molar-refractivity contribution in [2.24, 2.45) is 4.99 Å². The summed E-state index contributed by atoms with van der Waals surface area (Å²) in [5, 5.41) is 6.41. The molecule has 0 atom stereocenters. The molecule has 24 heavy (non-hydrogen) atoms. The minimum Gasteiger partial charge on any atom is -0.497 e. The third-order valence-electron chi connectivity index (χ3n) is 3.29. The number of hydrogen-bond donors (Lipinski definition) is 2. The molecule has 2 N–H and O–H groups in total. The van der Waals surface area contributed by atoms with Gasteiger partial charge < -0.3 is 20.3 Å². The maximum Gasteiger partial charge on any atom is 0.243 e. The van der Waals surface area contributed by atoms with E-state index >= 15 is 0 Å². The summed E-state index contributed by atoms with van der Waals surface area (Å²) in [6, 6.07) is 7.96. The summed E-state index contributed by atoms with van der Waals surface area (Å²) in [6.07, 6.45) is 0.847. The number of benzene rings is 1. The lowest BCUT2D eigenvalue weighted by Crippen LogP contribution is -2.40.